The second-order valence-corrected chi connectivity index (χ2v) is 11.2. The highest BCUT2D eigenvalue weighted by atomic mass is 35.5. The van der Waals surface area contributed by atoms with E-state index in [-0.39, 0.29) is 17.9 Å². The Morgan fingerprint density at radius 1 is 1.05 bits per heavy atom. The number of benzene rings is 2. The first-order chi connectivity index (χ1) is 18.9. The van der Waals surface area contributed by atoms with E-state index in [2.05, 4.69) is 18.7 Å². The standard InChI is InChI=1S/C29H34ClF3N2O5/c1-19(2)18-39-23-7-5-4-6-20(23)17-34-13-10-28(11-14-34)12-15-35(26(28)40-27(37)29(31,32)33)25(36)22-9-8-21(30)16-24(22)38-3/h4-9,16,19,26H,10-15,17-18H2,1-3H3. The fraction of sp³-hybridized carbons (Fsp3) is 0.517. The number of carbonyl (C=O) groups is 2. The zero-order valence-electron chi connectivity index (χ0n) is 22.8. The van der Waals surface area contributed by atoms with Gasteiger partial charge in [0.2, 0.25) is 0 Å². The topological polar surface area (TPSA) is 68.3 Å². The summed E-state index contributed by atoms with van der Waals surface area (Å²) in [6, 6.07) is 12.2. The van der Waals surface area contributed by atoms with Gasteiger partial charge in [0.1, 0.15) is 11.5 Å². The van der Waals surface area contributed by atoms with E-state index in [1.807, 2.05) is 24.3 Å². The van der Waals surface area contributed by atoms with Crippen molar-refractivity contribution in [1.82, 2.24) is 9.80 Å². The Kier molecular flexibility index (Phi) is 9.19. The number of esters is 1. The number of methoxy groups -OCH3 is 1. The van der Waals surface area contributed by atoms with E-state index < -0.39 is 29.7 Å². The van der Waals surface area contributed by atoms with Crippen LogP contribution in [0, 0.1) is 11.3 Å². The monoisotopic (exact) mass is 582 g/mol. The normalized spacial score (nSPS) is 19.2. The Balaban J connectivity index is 1.53. The first kappa shape index (κ1) is 30.0. The van der Waals surface area contributed by atoms with Crippen LogP contribution in [0.2, 0.25) is 5.02 Å². The summed E-state index contributed by atoms with van der Waals surface area (Å²) in [5, 5.41) is 0.342. The molecule has 2 saturated heterocycles. The van der Waals surface area contributed by atoms with E-state index in [0.29, 0.717) is 56.4 Å². The Bertz CT molecular complexity index is 1210. The maximum atomic E-state index is 13.6. The predicted octanol–water partition coefficient (Wildman–Crippen LogP) is 5.94. The minimum atomic E-state index is -5.18. The summed E-state index contributed by atoms with van der Waals surface area (Å²) in [5.74, 6) is -1.52. The number of ether oxygens (including phenoxy) is 3. The SMILES string of the molecule is COc1cc(Cl)ccc1C(=O)N1CCC2(CCN(Cc3ccccc3OCC(C)C)CC2)C1OC(=O)C(F)(F)F. The van der Waals surface area contributed by atoms with Crippen LogP contribution in [-0.4, -0.2) is 67.4 Å². The zero-order valence-corrected chi connectivity index (χ0v) is 23.6. The summed E-state index contributed by atoms with van der Waals surface area (Å²) >= 11 is 6.03. The average Bonchev–Trinajstić information content (AvgIpc) is 3.25. The van der Waals surface area contributed by atoms with Crippen LogP contribution in [0.5, 0.6) is 11.5 Å². The summed E-state index contributed by atoms with van der Waals surface area (Å²) < 4.78 is 56.2. The van der Waals surface area contributed by atoms with Gasteiger partial charge >= 0.3 is 12.1 Å². The van der Waals surface area contributed by atoms with E-state index >= 15 is 0 Å². The van der Waals surface area contributed by atoms with Crippen LogP contribution >= 0.6 is 11.6 Å². The lowest BCUT2D eigenvalue weighted by atomic mass is 9.76. The van der Waals surface area contributed by atoms with Gasteiger partial charge in [-0.3, -0.25) is 9.69 Å². The lowest BCUT2D eigenvalue weighted by Crippen LogP contribution is -2.51. The first-order valence-corrected chi connectivity index (χ1v) is 13.7. The van der Waals surface area contributed by atoms with E-state index in [0.717, 1.165) is 11.3 Å². The summed E-state index contributed by atoms with van der Waals surface area (Å²) in [7, 11) is 1.37. The summed E-state index contributed by atoms with van der Waals surface area (Å²) in [5.41, 5.74) is 0.352. The number of rotatable bonds is 8. The molecule has 2 fully saturated rings. The fourth-order valence-corrected chi connectivity index (χ4v) is 5.56. The quantitative estimate of drug-likeness (QED) is 0.359. The molecule has 0 N–H and O–H groups in total. The first-order valence-electron chi connectivity index (χ1n) is 13.3. The molecule has 7 nitrogen and oxygen atoms in total. The summed E-state index contributed by atoms with van der Waals surface area (Å²) in [6.45, 7) is 6.62. The molecule has 1 atom stereocenters. The van der Waals surface area contributed by atoms with Gasteiger partial charge in [-0.15, -0.1) is 0 Å². The van der Waals surface area contributed by atoms with Gasteiger partial charge in [-0.1, -0.05) is 43.6 Å². The van der Waals surface area contributed by atoms with Gasteiger partial charge in [0.15, 0.2) is 6.23 Å². The van der Waals surface area contributed by atoms with Crippen molar-refractivity contribution in [3.63, 3.8) is 0 Å². The maximum absolute atomic E-state index is 13.6. The molecule has 2 aromatic carbocycles. The number of alkyl halides is 3. The van der Waals surface area contributed by atoms with Gasteiger partial charge in [0, 0.05) is 29.1 Å². The van der Waals surface area contributed by atoms with Crippen LogP contribution < -0.4 is 9.47 Å². The third-order valence-electron chi connectivity index (χ3n) is 7.55. The Morgan fingerprint density at radius 3 is 2.38 bits per heavy atom. The van der Waals surface area contributed by atoms with Crippen molar-refractivity contribution in [3.8, 4) is 11.5 Å². The summed E-state index contributed by atoms with van der Waals surface area (Å²) in [6.07, 6.45) is -5.22. The molecule has 1 spiro atoms. The van der Waals surface area contributed by atoms with Gasteiger partial charge in [-0.05, 0) is 62.5 Å². The number of piperidine rings is 1. The number of para-hydroxylation sites is 1. The largest absolute Gasteiger partial charge is 0.496 e. The molecule has 0 radical (unpaired) electrons. The molecule has 40 heavy (non-hydrogen) atoms. The highest BCUT2D eigenvalue weighted by Gasteiger charge is 2.55. The highest BCUT2D eigenvalue weighted by Crippen LogP contribution is 2.47. The molecule has 0 saturated carbocycles. The predicted molar refractivity (Wildman–Crippen MR) is 143 cm³/mol. The molecule has 1 amide bonds. The van der Waals surface area contributed by atoms with Crippen molar-refractivity contribution >= 4 is 23.5 Å². The molecule has 2 aliphatic heterocycles. The van der Waals surface area contributed by atoms with Crippen LogP contribution in [0.4, 0.5) is 13.2 Å². The van der Waals surface area contributed by atoms with E-state index in [4.69, 9.17) is 25.8 Å². The Hall–Kier alpha value is -2.98. The van der Waals surface area contributed by atoms with Crippen molar-refractivity contribution in [3.05, 3.63) is 58.6 Å². The number of carbonyl (C=O) groups excluding carboxylic acids is 2. The number of hydrogen-bond acceptors (Lipinski definition) is 6. The van der Waals surface area contributed by atoms with Crippen LogP contribution in [0.3, 0.4) is 0 Å². The lowest BCUT2D eigenvalue weighted by molar-refractivity contribution is -0.217. The molecule has 218 valence electrons. The van der Waals surface area contributed by atoms with Crippen LogP contribution in [0.1, 0.15) is 49.0 Å². The molecule has 0 aromatic heterocycles. The van der Waals surface area contributed by atoms with E-state index in [1.54, 1.807) is 0 Å². The van der Waals surface area contributed by atoms with Crippen LogP contribution in [0.25, 0.3) is 0 Å². The van der Waals surface area contributed by atoms with Crippen molar-refractivity contribution in [2.75, 3.05) is 33.4 Å². The van der Waals surface area contributed by atoms with Gasteiger partial charge in [0.25, 0.3) is 5.91 Å². The highest BCUT2D eigenvalue weighted by molar-refractivity contribution is 6.30. The number of likely N-dealkylation sites (tertiary alicyclic amines) is 2. The van der Waals surface area contributed by atoms with Crippen molar-refractivity contribution in [2.24, 2.45) is 11.3 Å². The molecule has 1 unspecified atom stereocenters. The second kappa shape index (κ2) is 12.3. The average molecular weight is 583 g/mol. The second-order valence-electron chi connectivity index (χ2n) is 10.8. The number of hydrogen-bond donors (Lipinski definition) is 0. The van der Waals surface area contributed by atoms with Gasteiger partial charge in [0.05, 0.1) is 19.3 Å². The third-order valence-corrected chi connectivity index (χ3v) is 7.79. The van der Waals surface area contributed by atoms with Gasteiger partial charge in [-0.2, -0.15) is 13.2 Å². The number of nitrogens with zero attached hydrogens (tertiary/aromatic N) is 2. The molecule has 2 aliphatic rings. The minimum absolute atomic E-state index is 0.132. The molecule has 11 heteroatoms. The Labute approximate surface area is 237 Å². The fourth-order valence-electron chi connectivity index (χ4n) is 5.40. The van der Waals surface area contributed by atoms with E-state index in [9.17, 15) is 22.8 Å². The molecule has 0 bridgehead atoms. The lowest BCUT2D eigenvalue weighted by Gasteiger charge is -2.43. The zero-order chi connectivity index (χ0) is 29.1. The molecular weight excluding hydrogens is 549 g/mol. The van der Waals surface area contributed by atoms with Crippen molar-refractivity contribution < 1.29 is 37.0 Å². The maximum Gasteiger partial charge on any atom is 0.491 e. The van der Waals surface area contributed by atoms with Crippen molar-refractivity contribution in [1.29, 1.82) is 0 Å². The van der Waals surface area contributed by atoms with Crippen LogP contribution in [-0.2, 0) is 16.1 Å². The smallest absolute Gasteiger partial charge is 0.491 e. The molecule has 2 aromatic rings. The number of amides is 1. The third kappa shape index (κ3) is 6.66. The number of halogens is 4. The minimum Gasteiger partial charge on any atom is -0.496 e. The van der Waals surface area contributed by atoms with Crippen LogP contribution in [0.15, 0.2) is 42.5 Å². The van der Waals surface area contributed by atoms with E-state index in [1.165, 1.54) is 30.2 Å². The molecule has 4 rings (SSSR count). The summed E-state index contributed by atoms with van der Waals surface area (Å²) in [4.78, 5) is 29.0. The van der Waals surface area contributed by atoms with Gasteiger partial charge in [-0.25, -0.2) is 4.79 Å². The molecular formula is C29H34ClF3N2O5. The van der Waals surface area contributed by atoms with Gasteiger partial charge < -0.3 is 19.1 Å². The molecule has 2 heterocycles. The van der Waals surface area contributed by atoms with Crippen molar-refractivity contribution in [2.45, 2.75) is 52.1 Å². The Morgan fingerprint density at radius 2 is 1.73 bits per heavy atom. The molecule has 0 aliphatic carbocycles.